The van der Waals surface area contributed by atoms with Crippen LogP contribution in [0.1, 0.15) is 71.6 Å². The Labute approximate surface area is 303 Å². The Balaban J connectivity index is 2.34. The smallest absolute Gasteiger partial charge is 0.326 e. The number of benzene rings is 1. The van der Waals surface area contributed by atoms with Crippen LogP contribution in [0.2, 0.25) is 0 Å². The Morgan fingerprint density at radius 1 is 0.731 bits per heavy atom. The van der Waals surface area contributed by atoms with Gasteiger partial charge in [0.1, 0.15) is 30.2 Å². The summed E-state index contributed by atoms with van der Waals surface area (Å²) in [6.45, 7) is 8.51. The number of nitrogens with one attached hydrogen (secondary N) is 6. The maximum Gasteiger partial charge on any atom is 0.326 e. The van der Waals surface area contributed by atoms with Crippen molar-refractivity contribution in [1.29, 1.82) is 0 Å². The van der Waals surface area contributed by atoms with Crippen LogP contribution in [0, 0.1) is 11.8 Å². The number of nitrogens with two attached hydrogens (primary N) is 2. The summed E-state index contributed by atoms with van der Waals surface area (Å²) in [5.41, 5.74) is 12.2. The van der Waals surface area contributed by atoms with Crippen LogP contribution in [-0.2, 0) is 46.4 Å². The molecule has 0 spiro atoms. The molecule has 11 N–H and O–H groups in total. The number of primary amides is 1. The fraction of sp³-hybridized carbons (Fsp3) is 0.543. The zero-order valence-electron chi connectivity index (χ0n) is 30.3. The molecule has 0 radical (unpaired) electrons. The van der Waals surface area contributed by atoms with Crippen LogP contribution in [0.4, 0.5) is 0 Å². The van der Waals surface area contributed by atoms with Crippen molar-refractivity contribution in [2.75, 3.05) is 0 Å². The lowest BCUT2D eigenvalue weighted by atomic mass is 9.96. The number of aliphatic carboxylic acids is 1. The molecule has 0 saturated carbocycles. The van der Waals surface area contributed by atoms with Gasteiger partial charge in [-0.2, -0.15) is 0 Å². The minimum atomic E-state index is -1.34. The van der Waals surface area contributed by atoms with Gasteiger partial charge in [0.15, 0.2) is 0 Å². The van der Waals surface area contributed by atoms with Crippen LogP contribution in [0.25, 0.3) is 0 Å². The van der Waals surface area contributed by atoms with Gasteiger partial charge < -0.3 is 48.1 Å². The van der Waals surface area contributed by atoms with Gasteiger partial charge in [-0.3, -0.25) is 28.8 Å². The van der Waals surface area contributed by atoms with Crippen LogP contribution in [-0.4, -0.2) is 92.7 Å². The number of imidazole rings is 1. The molecule has 2 rings (SSSR count). The van der Waals surface area contributed by atoms with Crippen LogP contribution in [0.5, 0.6) is 0 Å². The molecule has 286 valence electrons. The van der Waals surface area contributed by atoms with Crippen molar-refractivity contribution in [2.45, 2.75) is 109 Å². The predicted octanol–water partition coefficient (Wildman–Crippen LogP) is -0.592. The molecule has 2 aromatic rings. The lowest BCUT2D eigenvalue weighted by Gasteiger charge is -2.30. The third-order valence-corrected chi connectivity index (χ3v) is 8.82. The minimum absolute atomic E-state index is 0.0105. The van der Waals surface area contributed by atoms with Gasteiger partial charge in [0.25, 0.3) is 0 Å². The van der Waals surface area contributed by atoms with Gasteiger partial charge in [0, 0.05) is 31.2 Å². The largest absolute Gasteiger partial charge is 0.480 e. The van der Waals surface area contributed by atoms with E-state index in [0.717, 1.165) is 0 Å². The summed E-state index contributed by atoms with van der Waals surface area (Å²) in [7, 11) is 0. The molecular weight excluding hydrogens is 674 g/mol. The van der Waals surface area contributed by atoms with Crippen molar-refractivity contribution in [2.24, 2.45) is 23.3 Å². The first-order valence-electron chi connectivity index (χ1n) is 17.4. The Bertz CT molecular complexity index is 1500. The quantitative estimate of drug-likeness (QED) is 0.0743. The molecular formula is C35H53N9O8. The molecule has 0 saturated heterocycles. The number of carboxylic acids is 1. The summed E-state index contributed by atoms with van der Waals surface area (Å²) in [6, 6.07) is 1.60. The van der Waals surface area contributed by atoms with Gasteiger partial charge in [-0.15, -0.1) is 0 Å². The van der Waals surface area contributed by atoms with E-state index in [1.165, 1.54) is 19.4 Å². The summed E-state index contributed by atoms with van der Waals surface area (Å²) in [5, 5.41) is 22.9. The van der Waals surface area contributed by atoms with Crippen molar-refractivity contribution in [3.63, 3.8) is 0 Å². The van der Waals surface area contributed by atoms with E-state index in [9.17, 15) is 38.7 Å². The molecule has 0 aliphatic rings. The Hall–Kier alpha value is -5.32. The number of H-pyrrole nitrogens is 1. The zero-order valence-corrected chi connectivity index (χ0v) is 30.3. The summed E-state index contributed by atoms with van der Waals surface area (Å²) in [6.07, 6.45) is 3.16. The average molecular weight is 728 g/mol. The number of nitrogens with zero attached hydrogens (tertiary/aromatic N) is 1. The molecule has 6 amide bonds. The minimum Gasteiger partial charge on any atom is -0.480 e. The molecule has 17 nitrogen and oxygen atoms in total. The number of rotatable bonds is 22. The van der Waals surface area contributed by atoms with Crippen molar-refractivity contribution in [1.82, 2.24) is 36.6 Å². The Morgan fingerprint density at radius 3 is 1.73 bits per heavy atom. The Kier molecular flexibility index (Phi) is 17.4. The third-order valence-electron chi connectivity index (χ3n) is 8.82. The van der Waals surface area contributed by atoms with Crippen LogP contribution < -0.4 is 38.1 Å². The normalized spacial score (nSPS) is 15.7. The molecule has 0 bridgehead atoms. The standard InChI is InChI=1S/C35H53N9O8/c1-6-19(3)28(43-30(46)21(5)36)33(49)40-24(13-14-27(37)45)31(47)44-29(20(4)7-2)34(50)41-25(16-23-17-38-18-39-23)32(48)42-26(35(51)52)15-22-11-9-8-10-12-22/h8-12,17-21,24-26,28-29H,6-7,13-16,36H2,1-5H3,(H2,37,45)(H,38,39)(H,40,49)(H,41,50)(H,42,48)(H,43,46)(H,44,47)(H,51,52)/t19-,20-,21-,24-,25-,26-,28-,29-/m0/s1. The first kappa shape index (κ1) is 42.8. The molecule has 0 fully saturated rings. The predicted molar refractivity (Wildman–Crippen MR) is 191 cm³/mol. The molecule has 0 aliphatic carbocycles. The summed E-state index contributed by atoms with van der Waals surface area (Å²) in [5.74, 6) is -6.46. The number of carboxylic acid groups (broad SMARTS) is 1. The van der Waals surface area contributed by atoms with E-state index in [-0.39, 0.29) is 31.6 Å². The highest BCUT2D eigenvalue weighted by atomic mass is 16.4. The summed E-state index contributed by atoms with van der Waals surface area (Å²) < 4.78 is 0. The van der Waals surface area contributed by atoms with Gasteiger partial charge in [0.2, 0.25) is 35.4 Å². The molecule has 1 aromatic carbocycles. The summed E-state index contributed by atoms with van der Waals surface area (Å²) in [4.78, 5) is 97.7. The highest BCUT2D eigenvalue weighted by Gasteiger charge is 2.35. The number of amides is 6. The van der Waals surface area contributed by atoms with E-state index >= 15 is 0 Å². The monoisotopic (exact) mass is 727 g/mol. The van der Waals surface area contributed by atoms with E-state index in [0.29, 0.717) is 24.1 Å². The molecule has 0 unspecified atom stereocenters. The molecule has 0 aliphatic heterocycles. The van der Waals surface area contributed by atoms with Gasteiger partial charge in [-0.05, 0) is 30.7 Å². The number of carbonyl (C=O) groups excluding carboxylic acids is 6. The van der Waals surface area contributed by atoms with E-state index in [1.54, 1.807) is 51.1 Å². The first-order chi connectivity index (χ1) is 24.6. The molecule has 1 aromatic heterocycles. The SMILES string of the molecule is CC[C@H](C)[C@H](NC(=O)[C@H](C)N)C(=O)N[C@@H](CCC(N)=O)C(=O)N[C@H](C(=O)N[C@@H](Cc1cnc[nH]1)C(=O)N[C@@H](Cc1ccccc1)C(=O)O)[C@@H](C)CC. The lowest BCUT2D eigenvalue weighted by Crippen LogP contribution is -2.61. The van der Waals surface area contributed by atoms with Gasteiger partial charge >= 0.3 is 5.97 Å². The van der Waals surface area contributed by atoms with Crippen molar-refractivity contribution in [3.8, 4) is 0 Å². The topological polar surface area (TPSA) is 281 Å². The molecule has 17 heteroatoms. The van der Waals surface area contributed by atoms with Crippen molar-refractivity contribution < 1.29 is 38.7 Å². The number of hydrogen-bond donors (Lipinski definition) is 9. The van der Waals surface area contributed by atoms with E-state index in [1.807, 2.05) is 6.92 Å². The van der Waals surface area contributed by atoms with E-state index < -0.39 is 83.6 Å². The van der Waals surface area contributed by atoms with Gasteiger partial charge in [0.05, 0.1) is 12.4 Å². The van der Waals surface area contributed by atoms with Gasteiger partial charge in [-0.25, -0.2) is 9.78 Å². The Morgan fingerprint density at radius 2 is 1.25 bits per heavy atom. The average Bonchev–Trinajstić information content (AvgIpc) is 3.63. The van der Waals surface area contributed by atoms with E-state index in [4.69, 9.17) is 11.5 Å². The highest BCUT2D eigenvalue weighted by Crippen LogP contribution is 2.13. The van der Waals surface area contributed by atoms with E-state index in [2.05, 4.69) is 36.6 Å². The molecule has 52 heavy (non-hydrogen) atoms. The zero-order chi connectivity index (χ0) is 39.0. The number of hydrogen-bond acceptors (Lipinski definition) is 9. The third kappa shape index (κ3) is 13.8. The second kappa shape index (κ2) is 21.1. The number of aromatic amines is 1. The molecule has 1 heterocycles. The fourth-order valence-corrected chi connectivity index (χ4v) is 5.17. The molecule has 8 atom stereocenters. The number of carbonyl (C=O) groups is 7. The second-order valence-corrected chi connectivity index (χ2v) is 13.0. The van der Waals surface area contributed by atoms with Crippen LogP contribution in [0.15, 0.2) is 42.9 Å². The first-order valence-corrected chi connectivity index (χ1v) is 17.4. The maximum atomic E-state index is 13.9. The van der Waals surface area contributed by atoms with Crippen LogP contribution in [0.3, 0.4) is 0 Å². The lowest BCUT2D eigenvalue weighted by molar-refractivity contribution is -0.142. The maximum absolute atomic E-state index is 13.9. The van der Waals surface area contributed by atoms with Crippen molar-refractivity contribution in [3.05, 3.63) is 54.1 Å². The van der Waals surface area contributed by atoms with Crippen molar-refractivity contribution >= 4 is 41.4 Å². The number of aromatic nitrogens is 2. The van der Waals surface area contributed by atoms with Crippen LogP contribution >= 0.6 is 0 Å². The fourth-order valence-electron chi connectivity index (χ4n) is 5.17. The highest BCUT2D eigenvalue weighted by molar-refractivity contribution is 5.96. The summed E-state index contributed by atoms with van der Waals surface area (Å²) >= 11 is 0. The second-order valence-electron chi connectivity index (χ2n) is 13.0. The van der Waals surface area contributed by atoms with Gasteiger partial charge in [-0.1, -0.05) is 70.9 Å².